The molecule has 1 aliphatic rings. The summed E-state index contributed by atoms with van der Waals surface area (Å²) in [5.74, 6) is 0. The van der Waals surface area contributed by atoms with Gasteiger partial charge in [0.1, 0.15) is 5.01 Å². The first-order valence-corrected chi connectivity index (χ1v) is 8.93. The molecule has 2 aromatic rings. The molecule has 2 aromatic heterocycles. The van der Waals surface area contributed by atoms with Gasteiger partial charge in [-0.3, -0.25) is 4.90 Å². The molecule has 0 aliphatic carbocycles. The predicted octanol–water partition coefficient (Wildman–Crippen LogP) is 3.61. The SMILES string of the molecule is CC(O)CC1CCCN1Cc1csc(-c2ccsc2)n1. The minimum atomic E-state index is -0.211. The van der Waals surface area contributed by atoms with Crippen LogP contribution in [0.5, 0.6) is 0 Å². The number of aliphatic hydroxyl groups excluding tert-OH is 1. The van der Waals surface area contributed by atoms with E-state index in [9.17, 15) is 5.11 Å². The molecule has 2 atom stereocenters. The number of rotatable bonds is 5. The van der Waals surface area contributed by atoms with E-state index in [0.29, 0.717) is 6.04 Å². The van der Waals surface area contributed by atoms with Crippen molar-refractivity contribution >= 4 is 22.7 Å². The van der Waals surface area contributed by atoms with Gasteiger partial charge in [-0.15, -0.1) is 11.3 Å². The van der Waals surface area contributed by atoms with E-state index in [1.807, 2.05) is 6.92 Å². The molecule has 3 nitrogen and oxygen atoms in total. The van der Waals surface area contributed by atoms with Gasteiger partial charge in [0.2, 0.25) is 0 Å². The minimum Gasteiger partial charge on any atom is -0.393 e. The van der Waals surface area contributed by atoms with Gasteiger partial charge in [-0.2, -0.15) is 11.3 Å². The number of hydrogen-bond donors (Lipinski definition) is 1. The van der Waals surface area contributed by atoms with E-state index >= 15 is 0 Å². The Kier molecular flexibility index (Phi) is 4.51. The fourth-order valence-corrected chi connectivity index (χ4v) is 4.39. The Morgan fingerprint density at radius 2 is 2.40 bits per heavy atom. The highest BCUT2D eigenvalue weighted by Gasteiger charge is 2.26. The van der Waals surface area contributed by atoms with Crippen LogP contribution in [0.2, 0.25) is 0 Å². The van der Waals surface area contributed by atoms with Crippen LogP contribution in [-0.2, 0) is 6.54 Å². The smallest absolute Gasteiger partial charge is 0.124 e. The van der Waals surface area contributed by atoms with Crippen molar-refractivity contribution in [2.75, 3.05) is 6.54 Å². The number of hydrogen-bond acceptors (Lipinski definition) is 5. The van der Waals surface area contributed by atoms with Gasteiger partial charge in [-0.25, -0.2) is 4.98 Å². The van der Waals surface area contributed by atoms with Gasteiger partial charge >= 0.3 is 0 Å². The maximum absolute atomic E-state index is 9.59. The Balaban J connectivity index is 1.65. The summed E-state index contributed by atoms with van der Waals surface area (Å²) < 4.78 is 0. The zero-order valence-electron chi connectivity index (χ0n) is 11.7. The number of aliphatic hydroxyl groups is 1. The second-order valence-corrected chi connectivity index (χ2v) is 7.15. The summed E-state index contributed by atoms with van der Waals surface area (Å²) in [5, 5.41) is 17.1. The summed E-state index contributed by atoms with van der Waals surface area (Å²) in [6.07, 6.45) is 3.10. The molecule has 108 valence electrons. The van der Waals surface area contributed by atoms with Crippen LogP contribution >= 0.6 is 22.7 Å². The average Bonchev–Trinajstić information content (AvgIpc) is 3.11. The zero-order valence-corrected chi connectivity index (χ0v) is 13.3. The van der Waals surface area contributed by atoms with E-state index < -0.39 is 0 Å². The van der Waals surface area contributed by atoms with Crippen molar-refractivity contribution in [1.82, 2.24) is 9.88 Å². The standard InChI is InChI=1S/C15H20N2OS2/c1-11(18)7-14-3-2-5-17(14)8-13-10-20-15(16-13)12-4-6-19-9-12/h4,6,9-11,14,18H,2-3,5,7-8H2,1H3. The third-order valence-electron chi connectivity index (χ3n) is 3.80. The van der Waals surface area contributed by atoms with Crippen LogP contribution in [0.3, 0.4) is 0 Å². The van der Waals surface area contributed by atoms with Crippen molar-refractivity contribution in [2.45, 2.75) is 44.9 Å². The Morgan fingerprint density at radius 3 is 3.15 bits per heavy atom. The lowest BCUT2D eigenvalue weighted by Gasteiger charge is -2.24. The quantitative estimate of drug-likeness (QED) is 0.916. The summed E-state index contributed by atoms with van der Waals surface area (Å²) in [7, 11) is 0. The van der Waals surface area contributed by atoms with Crippen LogP contribution < -0.4 is 0 Å². The van der Waals surface area contributed by atoms with Crippen LogP contribution in [0.25, 0.3) is 10.6 Å². The molecule has 0 saturated carbocycles. The molecule has 1 N–H and O–H groups in total. The number of thiophene rings is 1. The monoisotopic (exact) mass is 308 g/mol. The summed E-state index contributed by atoms with van der Waals surface area (Å²) >= 11 is 3.44. The summed E-state index contributed by atoms with van der Waals surface area (Å²) in [5.41, 5.74) is 2.39. The molecule has 3 heterocycles. The van der Waals surface area contributed by atoms with E-state index in [1.165, 1.54) is 18.4 Å². The third-order valence-corrected chi connectivity index (χ3v) is 5.42. The topological polar surface area (TPSA) is 36.4 Å². The van der Waals surface area contributed by atoms with Crippen molar-refractivity contribution in [3.63, 3.8) is 0 Å². The number of likely N-dealkylation sites (tertiary alicyclic amines) is 1. The lowest BCUT2D eigenvalue weighted by Crippen LogP contribution is -2.31. The molecule has 1 saturated heterocycles. The van der Waals surface area contributed by atoms with Gasteiger partial charge in [-0.1, -0.05) is 0 Å². The van der Waals surface area contributed by atoms with Crippen LogP contribution in [0.15, 0.2) is 22.2 Å². The van der Waals surface area contributed by atoms with Crippen LogP contribution in [0.1, 0.15) is 31.9 Å². The molecule has 1 aliphatic heterocycles. The summed E-state index contributed by atoms with van der Waals surface area (Å²) in [6.45, 7) is 3.93. The van der Waals surface area contributed by atoms with Gasteiger partial charge in [-0.05, 0) is 44.2 Å². The van der Waals surface area contributed by atoms with Gasteiger partial charge in [0.25, 0.3) is 0 Å². The molecular formula is C15H20N2OS2. The number of thiazole rings is 1. The maximum atomic E-state index is 9.59. The lowest BCUT2D eigenvalue weighted by atomic mass is 10.1. The van der Waals surface area contributed by atoms with Gasteiger partial charge in [0.15, 0.2) is 0 Å². The highest BCUT2D eigenvalue weighted by atomic mass is 32.1. The number of nitrogens with zero attached hydrogens (tertiary/aromatic N) is 2. The fraction of sp³-hybridized carbons (Fsp3) is 0.533. The summed E-state index contributed by atoms with van der Waals surface area (Å²) in [6, 6.07) is 2.64. The van der Waals surface area contributed by atoms with E-state index in [4.69, 9.17) is 4.98 Å². The molecule has 0 bridgehead atoms. The van der Waals surface area contributed by atoms with Gasteiger partial charge in [0.05, 0.1) is 11.8 Å². The highest BCUT2D eigenvalue weighted by Crippen LogP contribution is 2.28. The maximum Gasteiger partial charge on any atom is 0.124 e. The van der Waals surface area contributed by atoms with E-state index in [-0.39, 0.29) is 6.10 Å². The Morgan fingerprint density at radius 1 is 1.50 bits per heavy atom. The normalized spacial score (nSPS) is 21.4. The Hall–Kier alpha value is -0.750. The van der Waals surface area contributed by atoms with Crippen molar-refractivity contribution < 1.29 is 5.11 Å². The first-order chi connectivity index (χ1) is 9.72. The molecule has 0 radical (unpaired) electrons. The summed E-state index contributed by atoms with van der Waals surface area (Å²) in [4.78, 5) is 7.22. The van der Waals surface area contributed by atoms with E-state index in [0.717, 1.165) is 30.2 Å². The van der Waals surface area contributed by atoms with Crippen LogP contribution in [0, 0.1) is 0 Å². The molecule has 3 rings (SSSR count). The second kappa shape index (κ2) is 6.35. The molecule has 20 heavy (non-hydrogen) atoms. The molecule has 5 heteroatoms. The lowest BCUT2D eigenvalue weighted by molar-refractivity contribution is 0.130. The van der Waals surface area contributed by atoms with E-state index in [1.54, 1.807) is 22.7 Å². The largest absolute Gasteiger partial charge is 0.393 e. The zero-order chi connectivity index (χ0) is 13.9. The first-order valence-electron chi connectivity index (χ1n) is 7.11. The minimum absolute atomic E-state index is 0.211. The number of aromatic nitrogens is 1. The van der Waals surface area contributed by atoms with Gasteiger partial charge < -0.3 is 5.11 Å². The molecule has 0 spiro atoms. The Bertz CT molecular complexity index is 536. The van der Waals surface area contributed by atoms with Crippen LogP contribution in [0.4, 0.5) is 0 Å². The molecule has 1 fully saturated rings. The van der Waals surface area contributed by atoms with Crippen molar-refractivity contribution in [3.05, 3.63) is 27.9 Å². The van der Waals surface area contributed by atoms with Gasteiger partial charge in [0, 0.05) is 28.9 Å². The third kappa shape index (κ3) is 3.28. The van der Waals surface area contributed by atoms with Crippen molar-refractivity contribution in [1.29, 1.82) is 0 Å². The average molecular weight is 308 g/mol. The molecule has 0 amide bonds. The molecule has 0 aromatic carbocycles. The fourth-order valence-electron chi connectivity index (χ4n) is 2.87. The molecule has 2 unspecified atom stereocenters. The predicted molar refractivity (Wildman–Crippen MR) is 85.2 cm³/mol. The Labute approximate surface area is 127 Å². The van der Waals surface area contributed by atoms with Crippen molar-refractivity contribution in [3.8, 4) is 10.6 Å². The first kappa shape index (κ1) is 14.2. The van der Waals surface area contributed by atoms with E-state index in [2.05, 4.69) is 27.1 Å². The van der Waals surface area contributed by atoms with Crippen molar-refractivity contribution in [2.24, 2.45) is 0 Å². The second-order valence-electron chi connectivity index (χ2n) is 5.51. The highest BCUT2D eigenvalue weighted by molar-refractivity contribution is 7.14. The molecular weight excluding hydrogens is 288 g/mol. The van der Waals surface area contributed by atoms with Crippen LogP contribution in [-0.4, -0.2) is 33.7 Å².